The fraction of sp³-hybridized carbons (Fsp3) is 0.250. The first-order valence-corrected chi connectivity index (χ1v) is 6.77. The van der Waals surface area contributed by atoms with Crippen molar-refractivity contribution in [1.82, 2.24) is 15.3 Å². The van der Waals surface area contributed by atoms with Gasteiger partial charge in [-0.1, -0.05) is 0 Å². The Kier molecular flexibility index (Phi) is 4.72. The first-order chi connectivity index (χ1) is 9.72. The molecule has 0 bridgehead atoms. The quantitative estimate of drug-likeness (QED) is 0.783. The highest BCUT2D eigenvalue weighted by Crippen LogP contribution is 2.19. The Balaban J connectivity index is 1.89. The number of carbonyl (C=O) groups is 1. The number of hydrogen-bond acceptors (Lipinski definition) is 6. The average molecular weight is 293 g/mol. The van der Waals surface area contributed by atoms with Gasteiger partial charge in [-0.15, -0.1) is 11.3 Å². The summed E-state index contributed by atoms with van der Waals surface area (Å²) in [6, 6.07) is 3.10. The molecule has 0 aliphatic carbocycles. The van der Waals surface area contributed by atoms with Crippen LogP contribution in [0.3, 0.4) is 0 Å². The van der Waals surface area contributed by atoms with Gasteiger partial charge in [-0.2, -0.15) is 0 Å². The topological polar surface area (TPSA) is 88.2 Å². The molecule has 0 aromatic carbocycles. The highest BCUT2D eigenvalue weighted by molar-refractivity contribution is 7.13. The van der Waals surface area contributed by atoms with Gasteiger partial charge in [0.15, 0.2) is 5.13 Å². The summed E-state index contributed by atoms with van der Waals surface area (Å²) in [6.45, 7) is 0.354. The van der Waals surface area contributed by atoms with Crippen molar-refractivity contribution < 1.29 is 9.53 Å². The number of carbonyl (C=O) groups excluding carboxylic acids is 1. The number of aromatic nitrogens is 2. The monoisotopic (exact) mass is 293 g/mol. The molecule has 3 N–H and O–H groups in total. The van der Waals surface area contributed by atoms with Crippen LogP contribution in [-0.2, 0) is 6.54 Å². The predicted molar refractivity (Wildman–Crippen MR) is 78.3 cm³/mol. The maximum Gasteiger partial charge on any atom is 0.319 e. The smallest absolute Gasteiger partial charge is 0.319 e. The highest BCUT2D eigenvalue weighted by Gasteiger charge is 2.08. The van der Waals surface area contributed by atoms with Crippen molar-refractivity contribution in [3.63, 3.8) is 0 Å². The van der Waals surface area contributed by atoms with Crippen LogP contribution < -0.4 is 20.7 Å². The van der Waals surface area contributed by atoms with Crippen molar-refractivity contribution >= 4 is 28.2 Å². The van der Waals surface area contributed by atoms with Gasteiger partial charge >= 0.3 is 6.03 Å². The Morgan fingerprint density at radius 3 is 3.05 bits per heavy atom. The normalized spacial score (nSPS) is 9.90. The van der Waals surface area contributed by atoms with Gasteiger partial charge in [0.2, 0.25) is 5.88 Å². The number of pyridine rings is 1. The molecule has 106 valence electrons. The van der Waals surface area contributed by atoms with Crippen molar-refractivity contribution in [3.05, 3.63) is 29.4 Å². The van der Waals surface area contributed by atoms with E-state index >= 15 is 0 Å². The molecule has 0 unspecified atom stereocenters. The molecule has 20 heavy (non-hydrogen) atoms. The fourth-order valence-electron chi connectivity index (χ4n) is 1.49. The molecule has 0 saturated carbocycles. The number of rotatable bonds is 5. The third-order valence-corrected chi connectivity index (χ3v) is 3.32. The maximum atomic E-state index is 11.8. The Morgan fingerprint density at radius 1 is 1.50 bits per heavy atom. The first kappa shape index (κ1) is 14.1. The van der Waals surface area contributed by atoms with Gasteiger partial charge < -0.3 is 20.7 Å². The molecule has 2 aromatic rings. The summed E-state index contributed by atoms with van der Waals surface area (Å²) in [6.07, 6.45) is 1.59. The molecule has 2 rings (SSSR count). The first-order valence-electron chi connectivity index (χ1n) is 5.89. The number of urea groups is 1. The second kappa shape index (κ2) is 6.71. The number of thiazole rings is 1. The zero-order chi connectivity index (χ0) is 14.4. The van der Waals surface area contributed by atoms with Crippen LogP contribution >= 0.6 is 11.3 Å². The maximum absolute atomic E-state index is 11.8. The number of ether oxygens (including phenoxy) is 1. The lowest BCUT2D eigenvalue weighted by Crippen LogP contribution is -2.28. The molecular weight excluding hydrogens is 278 g/mol. The van der Waals surface area contributed by atoms with E-state index in [1.165, 1.54) is 18.4 Å². The Hall–Kier alpha value is -2.35. The van der Waals surface area contributed by atoms with E-state index in [2.05, 4.69) is 25.9 Å². The molecule has 0 radical (unpaired) electrons. The van der Waals surface area contributed by atoms with Crippen LogP contribution in [0.2, 0.25) is 0 Å². The second-order valence-electron chi connectivity index (χ2n) is 3.76. The molecule has 0 atom stereocenters. The number of methoxy groups -OCH3 is 1. The minimum Gasteiger partial charge on any atom is -0.480 e. The zero-order valence-electron chi connectivity index (χ0n) is 11.1. The average Bonchev–Trinajstić information content (AvgIpc) is 2.94. The van der Waals surface area contributed by atoms with E-state index in [1.807, 2.05) is 5.38 Å². The third-order valence-electron chi connectivity index (χ3n) is 2.41. The third kappa shape index (κ3) is 3.58. The summed E-state index contributed by atoms with van der Waals surface area (Å²) in [7, 11) is 3.30. The van der Waals surface area contributed by atoms with E-state index in [9.17, 15) is 4.79 Å². The number of hydrogen-bond donors (Lipinski definition) is 3. The summed E-state index contributed by atoms with van der Waals surface area (Å²) in [5.41, 5.74) is 1.31. The Labute approximate surface area is 120 Å². The molecule has 7 nitrogen and oxygen atoms in total. The van der Waals surface area contributed by atoms with Crippen LogP contribution in [0.4, 0.5) is 15.6 Å². The summed E-state index contributed by atoms with van der Waals surface area (Å²) < 4.78 is 5.05. The molecule has 2 heterocycles. The molecule has 0 saturated heterocycles. The van der Waals surface area contributed by atoms with Crippen LogP contribution in [0.15, 0.2) is 23.7 Å². The number of anilines is 2. The summed E-state index contributed by atoms with van der Waals surface area (Å²) in [5.74, 6) is 0.369. The van der Waals surface area contributed by atoms with Crippen LogP contribution in [-0.4, -0.2) is 30.2 Å². The number of amides is 2. The van der Waals surface area contributed by atoms with Crippen molar-refractivity contribution in [2.75, 3.05) is 24.8 Å². The van der Waals surface area contributed by atoms with Gasteiger partial charge in [0, 0.05) is 18.6 Å². The molecule has 8 heteroatoms. The lowest BCUT2D eigenvalue weighted by atomic mass is 10.4. The van der Waals surface area contributed by atoms with E-state index in [4.69, 9.17) is 4.74 Å². The van der Waals surface area contributed by atoms with E-state index in [-0.39, 0.29) is 6.03 Å². The number of nitrogens with one attached hydrogen (secondary N) is 3. The Morgan fingerprint density at radius 2 is 2.35 bits per heavy atom. The van der Waals surface area contributed by atoms with Crippen LogP contribution in [0.25, 0.3) is 0 Å². The predicted octanol–water partition coefficient (Wildman–Crippen LogP) is 1.91. The van der Waals surface area contributed by atoms with Crippen molar-refractivity contribution in [2.45, 2.75) is 6.54 Å². The SMILES string of the molecule is CNc1nc(CNC(=O)Nc2cccnc2OC)cs1. The van der Waals surface area contributed by atoms with E-state index in [1.54, 1.807) is 25.4 Å². The van der Waals surface area contributed by atoms with Gasteiger partial charge in [0.1, 0.15) is 5.69 Å². The van der Waals surface area contributed by atoms with Crippen molar-refractivity contribution in [2.24, 2.45) is 0 Å². The van der Waals surface area contributed by atoms with Crippen molar-refractivity contribution in [3.8, 4) is 5.88 Å². The van der Waals surface area contributed by atoms with Gasteiger partial charge in [-0.25, -0.2) is 14.8 Å². The van der Waals surface area contributed by atoms with Gasteiger partial charge in [0.05, 0.1) is 19.3 Å². The summed E-state index contributed by atoms with van der Waals surface area (Å²) >= 11 is 1.49. The standard InChI is InChI=1S/C12H15N5O2S/c1-13-12-16-8(7-20-12)6-15-11(18)17-9-4-3-5-14-10(9)19-2/h3-5,7H,6H2,1-2H3,(H,13,16)(H2,15,17,18). The summed E-state index contributed by atoms with van der Waals surface area (Å²) in [5, 5.41) is 11.0. The molecule has 0 spiro atoms. The van der Waals surface area contributed by atoms with E-state index < -0.39 is 0 Å². The number of nitrogens with zero attached hydrogens (tertiary/aromatic N) is 2. The van der Waals surface area contributed by atoms with Crippen LogP contribution in [0.1, 0.15) is 5.69 Å². The minimum absolute atomic E-state index is 0.338. The fourth-order valence-corrected chi connectivity index (χ4v) is 2.16. The molecule has 0 aliphatic rings. The van der Waals surface area contributed by atoms with E-state index in [0.29, 0.717) is 18.1 Å². The van der Waals surface area contributed by atoms with Crippen LogP contribution in [0, 0.1) is 0 Å². The lowest BCUT2D eigenvalue weighted by Gasteiger charge is -2.09. The van der Waals surface area contributed by atoms with Crippen molar-refractivity contribution in [1.29, 1.82) is 0 Å². The molecule has 2 aromatic heterocycles. The summed E-state index contributed by atoms with van der Waals surface area (Å²) in [4.78, 5) is 20.1. The zero-order valence-corrected chi connectivity index (χ0v) is 12.0. The second-order valence-corrected chi connectivity index (χ2v) is 4.62. The molecular formula is C12H15N5O2S. The Bertz CT molecular complexity index is 587. The van der Waals surface area contributed by atoms with Gasteiger partial charge in [-0.3, -0.25) is 0 Å². The van der Waals surface area contributed by atoms with Gasteiger partial charge in [0.25, 0.3) is 0 Å². The lowest BCUT2D eigenvalue weighted by molar-refractivity contribution is 0.251. The minimum atomic E-state index is -0.338. The molecule has 0 aliphatic heterocycles. The van der Waals surface area contributed by atoms with E-state index in [0.717, 1.165) is 10.8 Å². The largest absolute Gasteiger partial charge is 0.480 e. The molecule has 2 amide bonds. The molecule has 0 fully saturated rings. The highest BCUT2D eigenvalue weighted by atomic mass is 32.1. The van der Waals surface area contributed by atoms with Gasteiger partial charge in [-0.05, 0) is 12.1 Å². The van der Waals surface area contributed by atoms with Crippen LogP contribution in [0.5, 0.6) is 5.88 Å².